The van der Waals surface area contributed by atoms with Gasteiger partial charge in [-0.3, -0.25) is 4.79 Å². The molecule has 154 valence electrons. The Labute approximate surface area is 166 Å². The predicted molar refractivity (Wildman–Crippen MR) is 114 cm³/mol. The van der Waals surface area contributed by atoms with Crippen molar-refractivity contribution in [3.63, 3.8) is 0 Å². The molecule has 0 heterocycles. The Hall–Kier alpha value is -1.55. The summed E-state index contributed by atoms with van der Waals surface area (Å²) in [6.07, 6.45) is 4.86. The van der Waals surface area contributed by atoms with E-state index in [4.69, 9.17) is 9.47 Å². The van der Waals surface area contributed by atoms with E-state index < -0.39 is 5.60 Å². The molecule has 0 aliphatic rings. The largest absolute Gasteiger partial charge is 0.493 e. The molecule has 4 nitrogen and oxygen atoms in total. The van der Waals surface area contributed by atoms with Crippen LogP contribution in [0.1, 0.15) is 77.8 Å². The zero-order valence-electron chi connectivity index (χ0n) is 18.4. The number of hydrogen-bond acceptors (Lipinski definition) is 3. The summed E-state index contributed by atoms with van der Waals surface area (Å²) in [5.74, 6) is 1.32. The van der Waals surface area contributed by atoms with Gasteiger partial charge in [-0.25, -0.2) is 0 Å². The van der Waals surface area contributed by atoms with Crippen LogP contribution in [0.5, 0.6) is 5.75 Å². The third kappa shape index (κ3) is 7.53. The van der Waals surface area contributed by atoms with Crippen LogP contribution in [0.3, 0.4) is 0 Å². The maximum atomic E-state index is 13.0. The van der Waals surface area contributed by atoms with Crippen LogP contribution in [-0.2, 0) is 9.53 Å². The van der Waals surface area contributed by atoms with Gasteiger partial charge in [-0.1, -0.05) is 47.0 Å². The first-order valence-electron chi connectivity index (χ1n) is 10.4. The monoisotopic (exact) mass is 377 g/mol. The fourth-order valence-corrected chi connectivity index (χ4v) is 3.05. The van der Waals surface area contributed by atoms with Gasteiger partial charge in [0.2, 0.25) is 0 Å². The number of nitrogens with one attached hydrogen (secondary N) is 1. The molecule has 1 atom stereocenters. The Morgan fingerprint density at radius 2 is 1.74 bits per heavy atom. The molecule has 4 heteroatoms. The van der Waals surface area contributed by atoms with Crippen LogP contribution >= 0.6 is 0 Å². The summed E-state index contributed by atoms with van der Waals surface area (Å²) in [5, 5.41) is 3.07. The van der Waals surface area contributed by atoms with Crippen molar-refractivity contribution in [3.8, 4) is 5.75 Å². The number of carbonyl (C=O) groups excluding carboxylic acids is 1. The predicted octanol–water partition coefficient (Wildman–Crippen LogP) is 6.04. The van der Waals surface area contributed by atoms with Gasteiger partial charge in [0.1, 0.15) is 11.4 Å². The second kappa shape index (κ2) is 11.3. The number of rotatable bonds is 12. The number of ether oxygens (including phenoxy) is 2. The molecule has 0 aliphatic carbocycles. The highest BCUT2D eigenvalue weighted by molar-refractivity contribution is 5.97. The number of amides is 1. The van der Waals surface area contributed by atoms with Gasteiger partial charge in [0.05, 0.1) is 6.61 Å². The third-order valence-corrected chi connectivity index (χ3v) is 4.64. The van der Waals surface area contributed by atoms with E-state index in [1.165, 1.54) is 0 Å². The number of aryl methyl sites for hydroxylation is 2. The van der Waals surface area contributed by atoms with E-state index in [1.54, 1.807) is 0 Å². The smallest absolute Gasteiger partial charge is 0.256 e. The van der Waals surface area contributed by atoms with Crippen LogP contribution in [0.25, 0.3) is 0 Å². The summed E-state index contributed by atoms with van der Waals surface area (Å²) < 4.78 is 11.9. The molecule has 0 saturated carbocycles. The summed E-state index contributed by atoms with van der Waals surface area (Å²) in [6.45, 7) is 15.7. The second-order valence-electron chi connectivity index (χ2n) is 8.13. The van der Waals surface area contributed by atoms with Crippen molar-refractivity contribution in [1.82, 2.24) is 0 Å². The lowest BCUT2D eigenvalue weighted by atomic mass is 9.96. The van der Waals surface area contributed by atoms with Crippen molar-refractivity contribution < 1.29 is 14.3 Å². The fraction of sp³-hybridized carbons (Fsp3) is 0.696. The van der Waals surface area contributed by atoms with Gasteiger partial charge in [-0.15, -0.1) is 0 Å². The lowest BCUT2D eigenvalue weighted by molar-refractivity contribution is -0.140. The molecule has 0 spiro atoms. The molecule has 0 bridgehead atoms. The topological polar surface area (TPSA) is 47.6 Å². The van der Waals surface area contributed by atoms with E-state index in [-0.39, 0.29) is 5.91 Å². The summed E-state index contributed by atoms with van der Waals surface area (Å²) in [5.41, 5.74) is 2.08. The highest BCUT2D eigenvalue weighted by atomic mass is 16.5. The first-order chi connectivity index (χ1) is 12.7. The maximum Gasteiger partial charge on any atom is 0.256 e. The Morgan fingerprint density at radius 3 is 2.26 bits per heavy atom. The Balaban J connectivity index is 2.90. The van der Waals surface area contributed by atoms with Crippen molar-refractivity contribution >= 4 is 11.6 Å². The normalized spacial score (nSPS) is 13.5. The number of anilines is 1. The minimum absolute atomic E-state index is 0.0679. The third-order valence-electron chi connectivity index (χ3n) is 4.64. The highest BCUT2D eigenvalue weighted by Crippen LogP contribution is 2.29. The highest BCUT2D eigenvalue weighted by Gasteiger charge is 2.33. The van der Waals surface area contributed by atoms with Crippen LogP contribution in [-0.4, -0.2) is 24.7 Å². The zero-order valence-corrected chi connectivity index (χ0v) is 18.4. The first-order valence-corrected chi connectivity index (χ1v) is 10.4. The summed E-state index contributed by atoms with van der Waals surface area (Å²) >= 11 is 0. The van der Waals surface area contributed by atoms with Crippen molar-refractivity contribution in [1.29, 1.82) is 0 Å². The molecule has 0 aliphatic heterocycles. The Kier molecular flexibility index (Phi) is 9.86. The molecule has 1 aromatic rings. The molecule has 1 unspecified atom stereocenters. The van der Waals surface area contributed by atoms with E-state index in [0.717, 1.165) is 54.7 Å². The zero-order chi connectivity index (χ0) is 20.4. The van der Waals surface area contributed by atoms with Crippen LogP contribution < -0.4 is 10.1 Å². The molecular formula is C23H39NO3. The maximum absolute atomic E-state index is 13.0. The molecule has 27 heavy (non-hydrogen) atoms. The molecule has 1 rings (SSSR count). The fourth-order valence-electron chi connectivity index (χ4n) is 3.05. The number of benzene rings is 1. The lowest BCUT2D eigenvalue weighted by Gasteiger charge is -2.29. The van der Waals surface area contributed by atoms with Crippen molar-refractivity contribution in [2.45, 2.75) is 86.2 Å². The van der Waals surface area contributed by atoms with Crippen LogP contribution in [0.15, 0.2) is 12.1 Å². The van der Waals surface area contributed by atoms with E-state index >= 15 is 0 Å². The summed E-state index contributed by atoms with van der Waals surface area (Å²) in [7, 11) is 0. The van der Waals surface area contributed by atoms with Gasteiger partial charge in [0.25, 0.3) is 5.91 Å². The van der Waals surface area contributed by atoms with Gasteiger partial charge in [-0.2, -0.15) is 0 Å². The van der Waals surface area contributed by atoms with Crippen LogP contribution in [0.4, 0.5) is 5.69 Å². The summed E-state index contributed by atoms with van der Waals surface area (Å²) in [6, 6.07) is 3.96. The Morgan fingerprint density at radius 1 is 1.11 bits per heavy atom. The molecular weight excluding hydrogens is 338 g/mol. The molecule has 1 aromatic carbocycles. The van der Waals surface area contributed by atoms with Gasteiger partial charge >= 0.3 is 0 Å². The first kappa shape index (κ1) is 23.5. The van der Waals surface area contributed by atoms with Crippen molar-refractivity contribution in [2.75, 3.05) is 18.5 Å². The van der Waals surface area contributed by atoms with Crippen LogP contribution in [0.2, 0.25) is 0 Å². The summed E-state index contributed by atoms with van der Waals surface area (Å²) in [4.78, 5) is 13.0. The number of carbonyl (C=O) groups is 1. The molecule has 1 amide bonds. The van der Waals surface area contributed by atoms with E-state index in [9.17, 15) is 4.79 Å². The average molecular weight is 378 g/mol. The lowest BCUT2D eigenvalue weighted by Crippen LogP contribution is -2.43. The quantitative estimate of drug-likeness (QED) is 0.452. The minimum Gasteiger partial charge on any atom is -0.493 e. The number of unbranched alkanes of at least 4 members (excludes halogenated alkanes) is 2. The SMILES string of the molecule is CCCCCC(C)(OCCC)C(=O)Nc1cc(C)c(OCC(C)C)c(C)c1. The van der Waals surface area contributed by atoms with Crippen molar-refractivity contribution in [2.24, 2.45) is 5.92 Å². The molecule has 0 aromatic heterocycles. The van der Waals surface area contributed by atoms with E-state index in [1.807, 2.05) is 32.9 Å². The van der Waals surface area contributed by atoms with Crippen LogP contribution in [0, 0.1) is 19.8 Å². The van der Waals surface area contributed by atoms with E-state index in [2.05, 4.69) is 33.0 Å². The van der Waals surface area contributed by atoms with Gasteiger partial charge in [0, 0.05) is 12.3 Å². The average Bonchev–Trinajstić information content (AvgIpc) is 2.59. The van der Waals surface area contributed by atoms with Gasteiger partial charge in [0.15, 0.2) is 0 Å². The molecule has 0 fully saturated rings. The van der Waals surface area contributed by atoms with Crippen molar-refractivity contribution in [3.05, 3.63) is 23.3 Å². The van der Waals surface area contributed by atoms with Gasteiger partial charge < -0.3 is 14.8 Å². The molecule has 0 saturated heterocycles. The minimum atomic E-state index is -0.792. The van der Waals surface area contributed by atoms with E-state index in [0.29, 0.717) is 19.1 Å². The molecule has 1 N–H and O–H groups in total. The molecule has 0 radical (unpaired) electrons. The standard InChI is InChI=1S/C23H39NO3/c1-8-10-11-12-23(7,27-13-9-2)22(25)24-20-14-18(5)21(19(6)15-20)26-16-17(3)4/h14-15,17H,8-13,16H2,1-7H3,(H,24,25). The number of hydrogen-bond donors (Lipinski definition) is 1. The Bertz CT molecular complexity index is 574. The second-order valence-corrected chi connectivity index (χ2v) is 8.13. The van der Waals surface area contributed by atoms with Gasteiger partial charge in [-0.05, 0) is 62.8 Å².